The Morgan fingerprint density at radius 1 is 1.30 bits per heavy atom. The summed E-state index contributed by atoms with van der Waals surface area (Å²) in [5.41, 5.74) is 2.67. The van der Waals surface area contributed by atoms with Crippen LogP contribution in [0.5, 0.6) is 0 Å². The van der Waals surface area contributed by atoms with E-state index < -0.39 is 5.60 Å². The summed E-state index contributed by atoms with van der Waals surface area (Å²) in [6.45, 7) is 8.60. The van der Waals surface area contributed by atoms with Gasteiger partial charge in [-0.25, -0.2) is 0 Å². The standard InChI is InChI=1S/C20H32O3/c1-12(2)14-5-7-19(4)10-17-15(6-8-20(17,23)11-21)13(3)18(22)9-16(14)19/h10,12-13,15,18,21-23H,5-9,11H2,1-4H3/b17-10+/t13-,15+,18?,19-,20?/m1/s1. The largest absolute Gasteiger partial charge is 0.393 e. The summed E-state index contributed by atoms with van der Waals surface area (Å²) in [5, 5.41) is 31.5. The van der Waals surface area contributed by atoms with Crippen LogP contribution >= 0.6 is 0 Å². The first-order chi connectivity index (χ1) is 10.7. The van der Waals surface area contributed by atoms with Crippen LogP contribution in [0.4, 0.5) is 0 Å². The van der Waals surface area contributed by atoms with Crippen molar-refractivity contribution in [3.63, 3.8) is 0 Å². The third-order valence-electron chi connectivity index (χ3n) is 6.88. The lowest BCUT2D eigenvalue weighted by Gasteiger charge is -2.38. The molecule has 0 spiro atoms. The maximum atomic E-state index is 10.9. The lowest BCUT2D eigenvalue weighted by Crippen LogP contribution is -2.38. The van der Waals surface area contributed by atoms with Crippen LogP contribution in [0.3, 0.4) is 0 Å². The first kappa shape index (κ1) is 17.2. The van der Waals surface area contributed by atoms with E-state index in [2.05, 4.69) is 33.8 Å². The molecular formula is C20H32O3. The molecule has 0 heterocycles. The number of aliphatic hydroxyl groups excluding tert-OH is 2. The van der Waals surface area contributed by atoms with Crippen LogP contribution in [0.25, 0.3) is 0 Å². The zero-order valence-corrected chi connectivity index (χ0v) is 15.0. The number of rotatable bonds is 2. The van der Waals surface area contributed by atoms with Gasteiger partial charge in [0.15, 0.2) is 0 Å². The summed E-state index contributed by atoms with van der Waals surface area (Å²) < 4.78 is 0. The van der Waals surface area contributed by atoms with E-state index in [-0.39, 0.29) is 30.0 Å². The number of allylic oxidation sites excluding steroid dienone is 2. The summed E-state index contributed by atoms with van der Waals surface area (Å²) in [5.74, 6) is 0.805. The van der Waals surface area contributed by atoms with Crippen molar-refractivity contribution in [2.45, 2.75) is 71.5 Å². The monoisotopic (exact) mass is 320 g/mol. The maximum Gasteiger partial charge on any atom is 0.109 e. The van der Waals surface area contributed by atoms with E-state index >= 15 is 0 Å². The van der Waals surface area contributed by atoms with Gasteiger partial charge in [-0.15, -0.1) is 0 Å². The number of hydrogen-bond acceptors (Lipinski definition) is 3. The van der Waals surface area contributed by atoms with Crippen molar-refractivity contribution in [3.05, 3.63) is 22.8 Å². The molecule has 3 nitrogen and oxygen atoms in total. The average molecular weight is 320 g/mol. The van der Waals surface area contributed by atoms with Crippen molar-refractivity contribution in [3.8, 4) is 0 Å². The number of aliphatic hydroxyl groups is 3. The van der Waals surface area contributed by atoms with Crippen molar-refractivity contribution in [1.82, 2.24) is 0 Å². The van der Waals surface area contributed by atoms with E-state index in [1.165, 1.54) is 11.1 Å². The summed E-state index contributed by atoms with van der Waals surface area (Å²) in [4.78, 5) is 0. The summed E-state index contributed by atoms with van der Waals surface area (Å²) in [6.07, 6.45) is 6.24. The van der Waals surface area contributed by atoms with Crippen LogP contribution in [0.2, 0.25) is 0 Å². The van der Waals surface area contributed by atoms with Crippen LogP contribution in [0.15, 0.2) is 22.8 Å². The first-order valence-corrected chi connectivity index (χ1v) is 9.19. The predicted molar refractivity (Wildman–Crippen MR) is 91.8 cm³/mol. The molecule has 3 N–H and O–H groups in total. The number of hydrogen-bond donors (Lipinski definition) is 3. The minimum atomic E-state index is -1.09. The molecule has 1 saturated carbocycles. The SMILES string of the molecule is CC(C)C1=C2CC(O)[C@H](C)[C@@H]3CCC(O)(CO)/C3=C/[C@@]2(C)CC1. The maximum absolute atomic E-state index is 10.9. The molecule has 3 rings (SSSR count). The summed E-state index contributed by atoms with van der Waals surface area (Å²) >= 11 is 0. The fraction of sp³-hybridized carbons (Fsp3) is 0.800. The minimum absolute atomic E-state index is 0.0816. The molecule has 0 aromatic heterocycles. The Morgan fingerprint density at radius 3 is 2.61 bits per heavy atom. The molecule has 0 aliphatic heterocycles. The molecule has 2 unspecified atom stereocenters. The van der Waals surface area contributed by atoms with Gasteiger partial charge in [-0.1, -0.05) is 44.9 Å². The van der Waals surface area contributed by atoms with E-state index in [4.69, 9.17) is 0 Å². The normalized spacial score (nSPS) is 46.3. The van der Waals surface area contributed by atoms with Gasteiger partial charge < -0.3 is 15.3 Å². The van der Waals surface area contributed by atoms with Crippen LogP contribution in [0, 0.1) is 23.2 Å². The van der Waals surface area contributed by atoms with Crippen molar-refractivity contribution in [2.24, 2.45) is 23.2 Å². The second-order valence-electron chi connectivity index (χ2n) is 8.64. The van der Waals surface area contributed by atoms with Crippen molar-refractivity contribution < 1.29 is 15.3 Å². The first-order valence-electron chi connectivity index (χ1n) is 9.19. The van der Waals surface area contributed by atoms with Crippen LogP contribution in [-0.2, 0) is 0 Å². The highest BCUT2D eigenvalue weighted by Crippen LogP contribution is 2.55. The van der Waals surface area contributed by atoms with Gasteiger partial charge >= 0.3 is 0 Å². The molecule has 3 heteroatoms. The fourth-order valence-electron chi connectivity index (χ4n) is 5.23. The molecule has 5 atom stereocenters. The Hall–Kier alpha value is -0.640. The third kappa shape index (κ3) is 2.61. The topological polar surface area (TPSA) is 60.7 Å². The molecule has 0 aromatic carbocycles. The van der Waals surface area contributed by atoms with Gasteiger partial charge in [0.2, 0.25) is 0 Å². The molecule has 3 aliphatic rings. The number of fused-ring (bicyclic) bond motifs is 2. The van der Waals surface area contributed by atoms with Gasteiger partial charge in [-0.2, -0.15) is 0 Å². The Labute approximate surface area is 140 Å². The second-order valence-corrected chi connectivity index (χ2v) is 8.64. The van der Waals surface area contributed by atoms with Crippen LogP contribution < -0.4 is 0 Å². The van der Waals surface area contributed by atoms with E-state index in [0.29, 0.717) is 12.3 Å². The Kier molecular flexibility index (Phi) is 4.27. The predicted octanol–water partition coefficient (Wildman–Crippen LogP) is 3.20. The van der Waals surface area contributed by atoms with Crippen molar-refractivity contribution in [2.75, 3.05) is 6.61 Å². The van der Waals surface area contributed by atoms with Crippen molar-refractivity contribution in [1.29, 1.82) is 0 Å². The Morgan fingerprint density at radius 2 is 2.00 bits per heavy atom. The van der Waals surface area contributed by atoms with E-state index in [1.807, 2.05) is 0 Å². The molecular weight excluding hydrogens is 288 g/mol. The second kappa shape index (κ2) is 5.72. The van der Waals surface area contributed by atoms with Gasteiger partial charge in [0.25, 0.3) is 0 Å². The van der Waals surface area contributed by atoms with Crippen molar-refractivity contribution >= 4 is 0 Å². The molecule has 3 aliphatic carbocycles. The quantitative estimate of drug-likeness (QED) is 0.685. The van der Waals surface area contributed by atoms with Crippen LogP contribution in [0.1, 0.15) is 59.8 Å². The highest BCUT2D eigenvalue weighted by atomic mass is 16.3. The third-order valence-corrected chi connectivity index (χ3v) is 6.88. The van der Waals surface area contributed by atoms with Gasteiger partial charge in [0.05, 0.1) is 12.7 Å². The fourth-order valence-corrected chi connectivity index (χ4v) is 5.23. The van der Waals surface area contributed by atoms with Gasteiger partial charge in [0, 0.05) is 5.41 Å². The molecule has 0 radical (unpaired) electrons. The summed E-state index contributed by atoms with van der Waals surface area (Å²) in [7, 11) is 0. The lowest BCUT2D eigenvalue weighted by molar-refractivity contribution is 0.0183. The van der Waals surface area contributed by atoms with Gasteiger partial charge in [0.1, 0.15) is 5.60 Å². The van der Waals surface area contributed by atoms with E-state index in [0.717, 1.165) is 31.3 Å². The minimum Gasteiger partial charge on any atom is -0.393 e. The molecule has 0 aromatic rings. The van der Waals surface area contributed by atoms with Gasteiger partial charge in [-0.05, 0) is 55.4 Å². The van der Waals surface area contributed by atoms with Crippen LogP contribution in [-0.4, -0.2) is 33.6 Å². The molecule has 0 amide bonds. The van der Waals surface area contributed by atoms with Gasteiger partial charge in [-0.3, -0.25) is 0 Å². The summed E-state index contributed by atoms with van der Waals surface area (Å²) in [6, 6.07) is 0. The van der Waals surface area contributed by atoms with E-state index in [9.17, 15) is 15.3 Å². The molecule has 130 valence electrons. The van der Waals surface area contributed by atoms with E-state index in [1.54, 1.807) is 0 Å². The molecule has 0 saturated heterocycles. The Bertz CT molecular complexity index is 547. The molecule has 0 bridgehead atoms. The highest BCUT2D eigenvalue weighted by Gasteiger charge is 2.49. The molecule has 1 fully saturated rings. The Balaban J connectivity index is 2.15. The smallest absolute Gasteiger partial charge is 0.109 e. The zero-order chi connectivity index (χ0) is 17.0. The average Bonchev–Trinajstić information content (AvgIpc) is 2.98. The highest BCUT2D eigenvalue weighted by molar-refractivity contribution is 5.40. The lowest BCUT2D eigenvalue weighted by atomic mass is 9.69. The zero-order valence-electron chi connectivity index (χ0n) is 15.0. The molecule has 23 heavy (non-hydrogen) atoms.